The molecule has 0 bridgehead atoms. The third-order valence-corrected chi connectivity index (χ3v) is 2.63. The summed E-state index contributed by atoms with van der Waals surface area (Å²) in [6, 6.07) is 0. The number of rotatable bonds is 0. The van der Waals surface area contributed by atoms with Gasteiger partial charge in [-0.25, -0.2) is 0 Å². The second-order valence-electron chi connectivity index (χ2n) is 2.87. The Morgan fingerprint density at radius 3 is 2.67 bits per heavy atom. The predicted molar refractivity (Wildman–Crippen MR) is 41.8 cm³/mol. The number of allylic oxidation sites excluding steroid dienone is 1. The van der Waals surface area contributed by atoms with Crippen molar-refractivity contribution in [3.63, 3.8) is 0 Å². The minimum absolute atomic E-state index is 0.258. The lowest BCUT2D eigenvalue weighted by atomic mass is 9.86. The molecule has 0 aliphatic heterocycles. The molecule has 1 rings (SSSR count). The Morgan fingerprint density at radius 2 is 2.22 bits per heavy atom. The van der Waals surface area contributed by atoms with Gasteiger partial charge in [-0.05, 0) is 18.8 Å². The average Bonchev–Trinajstić information content (AvgIpc) is 1.83. The molecule has 52 valence electrons. The molecule has 1 heteroatoms. The third kappa shape index (κ3) is 1.48. The number of hydrogen-bond acceptors (Lipinski definition) is 0. The lowest BCUT2D eigenvalue weighted by Crippen LogP contribution is -2.15. The van der Waals surface area contributed by atoms with Gasteiger partial charge in [-0.3, -0.25) is 0 Å². The molecule has 0 spiro atoms. The summed E-state index contributed by atoms with van der Waals surface area (Å²) < 4.78 is 0. The van der Waals surface area contributed by atoms with Crippen LogP contribution in [0.5, 0.6) is 0 Å². The highest BCUT2D eigenvalue weighted by Crippen LogP contribution is 2.31. The van der Waals surface area contributed by atoms with Gasteiger partial charge in [-0.1, -0.05) is 25.5 Å². The van der Waals surface area contributed by atoms with Crippen LogP contribution in [0.2, 0.25) is 0 Å². The largest absolute Gasteiger partial charge is 0.118 e. The first-order valence-electron chi connectivity index (χ1n) is 3.54. The van der Waals surface area contributed by atoms with Gasteiger partial charge in [0, 0.05) is 0 Å². The van der Waals surface area contributed by atoms with Gasteiger partial charge in [0.25, 0.3) is 0 Å². The van der Waals surface area contributed by atoms with E-state index >= 15 is 0 Å². The monoisotopic (exact) mass is 144 g/mol. The zero-order valence-corrected chi connectivity index (χ0v) is 6.62. The summed E-state index contributed by atoms with van der Waals surface area (Å²) in [6.45, 7) is 6.15. The van der Waals surface area contributed by atoms with Gasteiger partial charge in [-0.2, -0.15) is 0 Å². The van der Waals surface area contributed by atoms with E-state index in [4.69, 9.17) is 11.6 Å². The van der Waals surface area contributed by atoms with E-state index in [2.05, 4.69) is 13.5 Å². The summed E-state index contributed by atoms with van der Waals surface area (Å²) >= 11 is 5.96. The van der Waals surface area contributed by atoms with Crippen LogP contribution in [0.15, 0.2) is 12.2 Å². The molecule has 0 radical (unpaired) electrons. The molecule has 0 heterocycles. The van der Waals surface area contributed by atoms with E-state index in [0.29, 0.717) is 5.92 Å². The Kier molecular flexibility index (Phi) is 2.18. The normalized spacial score (nSPS) is 36.9. The zero-order chi connectivity index (χ0) is 6.85. The molecular weight excluding hydrogens is 132 g/mol. The van der Waals surface area contributed by atoms with Crippen LogP contribution in [0.3, 0.4) is 0 Å². The lowest BCUT2D eigenvalue weighted by Gasteiger charge is -2.24. The Balaban J connectivity index is 2.52. The molecule has 9 heavy (non-hydrogen) atoms. The molecule has 0 nitrogen and oxygen atoms in total. The topological polar surface area (TPSA) is 0 Å². The molecule has 1 aliphatic carbocycles. The van der Waals surface area contributed by atoms with E-state index in [0.717, 1.165) is 6.42 Å². The first kappa shape index (κ1) is 7.14. The quantitative estimate of drug-likeness (QED) is 0.362. The van der Waals surface area contributed by atoms with Crippen molar-refractivity contribution in [2.75, 3.05) is 0 Å². The molecule has 0 aromatic rings. The van der Waals surface area contributed by atoms with Gasteiger partial charge in [0.2, 0.25) is 0 Å². The van der Waals surface area contributed by atoms with Gasteiger partial charge in [0.15, 0.2) is 0 Å². The van der Waals surface area contributed by atoms with Crippen molar-refractivity contribution < 1.29 is 0 Å². The fourth-order valence-electron chi connectivity index (χ4n) is 1.28. The Hall–Kier alpha value is 0.0300. The van der Waals surface area contributed by atoms with Crippen LogP contribution in [0.1, 0.15) is 26.2 Å². The van der Waals surface area contributed by atoms with Crippen LogP contribution in [0.25, 0.3) is 0 Å². The molecule has 2 unspecified atom stereocenters. The maximum absolute atomic E-state index is 5.96. The minimum Gasteiger partial charge on any atom is -0.118 e. The van der Waals surface area contributed by atoms with Gasteiger partial charge in [0.1, 0.15) is 0 Å². The second-order valence-corrected chi connectivity index (χ2v) is 3.40. The van der Waals surface area contributed by atoms with Crippen molar-refractivity contribution in [1.82, 2.24) is 0 Å². The van der Waals surface area contributed by atoms with Crippen LogP contribution < -0.4 is 0 Å². The Morgan fingerprint density at radius 1 is 1.56 bits per heavy atom. The van der Waals surface area contributed by atoms with Crippen molar-refractivity contribution in [1.29, 1.82) is 0 Å². The summed E-state index contributed by atoms with van der Waals surface area (Å²) in [5.74, 6) is 0.654. The van der Waals surface area contributed by atoms with Crippen LogP contribution in [0.4, 0.5) is 0 Å². The molecule has 1 aliphatic rings. The highest BCUT2D eigenvalue weighted by Gasteiger charge is 2.19. The van der Waals surface area contributed by atoms with Crippen molar-refractivity contribution in [3.8, 4) is 0 Å². The standard InChI is InChI=1S/C8H13Cl/c1-6-4-3-5-8(9)7(6)2/h6,8H,2-5H2,1H3. The van der Waals surface area contributed by atoms with Crippen LogP contribution in [0, 0.1) is 5.92 Å². The number of hydrogen-bond donors (Lipinski definition) is 0. The van der Waals surface area contributed by atoms with Gasteiger partial charge < -0.3 is 0 Å². The van der Waals surface area contributed by atoms with Crippen molar-refractivity contribution in [2.45, 2.75) is 31.6 Å². The summed E-state index contributed by atoms with van der Waals surface area (Å²) in [4.78, 5) is 0. The fourth-order valence-corrected chi connectivity index (χ4v) is 1.65. The maximum Gasteiger partial charge on any atom is 0.0545 e. The molecule has 1 fully saturated rings. The second kappa shape index (κ2) is 2.74. The summed E-state index contributed by atoms with van der Waals surface area (Å²) in [6.07, 6.45) is 3.68. The van der Waals surface area contributed by atoms with Crippen LogP contribution in [-0.4, -0.2) is 5.38 Å². The van der Waals surface area contributed by atoms with E-state index in [1.807, 2.05) is 0 Å². The average molecular weight is 145 g/mol. The Labute approximate surface area is 61.9 Å². The number of alkyl halides is 1. The highest BCUT2D eigenvalue weighted by atomic mass is 35.5. The molecule has 0 aromatic heterocycles. The van der Waals surface area contributed by atoms with Gasteiger partial charge >= 0.3 is 0 Å². The molecule has 1 saturated carbocycles. The van der Waals surface area contributed by atoms with E-state index < -0.39 is 0 Å². The van der Waals surface area contributed by atoms with Crippen LogP contribution in [-0.2, 0) is 0 Å². The minimum atomic E-state index is 0.258. The molecule has 0 N–H and O–H groups in total. The fraction of sp³-hybridized carbons (Fsp3) is 0.750. The lowest BCUT2D eigenvalue weighted by molar-refractivity contribution is 0.490. The van der Waals surface area contributed by atoms with Crippen LogP contribution >= 0.6 is 11.6 Å². The molecule has 0 amide bonds. The van der Waals surface area contributed by atoms with E-state index in [9.17, 15) is 0 Å². The summed E-state index contributed by atoms with van der Waals surface area (Å²) in [5.41, 5.74) is 1.24. The Bertz CT molecular complexity index is 106. The molecule has 2 atom stereocenters. The van der Waals surface area contributed by atoms with E-state index in [1.54, 1.807) is 0 Å². The van der Waals surface area contributed by atoms with Gasteiger partial charge in [0.05, 0.1) is 5.38 Å². The van der Waals surface area contributed by atoms with Crippen molar-refractivity contribution in [2.24, 2.45) is 5.92 Å². The first-order chi connectivity index (χ1) is 4.22. The third-order valence-electron chi connectivity index (χ3n) is 2.13. The smallest absolute Gasteiger partial charge is 0.0545 e. The zero-order valence-electron chi connectivity index (χ0n) is 5.86. The SMILES string of the molecule is C=C1C(C)CCCC1Cl. The summed E-state index contributed by atoms with van der Waals surface area (Å²) in [7, 11) is 0. The van der Waals surface area contributed by atoms with E-state index in [-0.39, 0.29) is 5.38 Å². The van der Waals surface area contributed by atoms with Gasteiger partial charge in [-0.15, -0.1) is 11.6 Å². The highest BCUT2D eigenvalue weighted by molar-refractivity contribution is 6.22. The first-order valence-corrected chi connectivity index (χ1v) is 3.98. The van der Waals surface area contributed by atoms with E-state index in [1.165, 1.54) is 18.4 Å². The van der Waals surface area contributed by atoms with Crippen molar-refractivity contribution >= 4 is 11.6 Å². The number of halogens is 1. The summed E-state index contributed by atoms with van der Waals surface area (Å²) in [5, 5.41) is 0.258. The molecule has 0 saturated heterocycles. The maximum atomic E-state index is 5.96. The predicted octanol–water partition coefficient (Wildman–Crippen LogP) is 2.97. The molecule has 0 aromatic carbocycles. The van der Waals surface area contributed by atoms with Crippen molar-refractivity contribution in [3.05, 3.63) is 12.2 Å². The molecular formula is C8H13Cl.